The van der Waals surface area contributed by atoms with Crippen molar-refractivity contribution in [3.8, 4) is 0 Å². The van der Waals surface area contributed by atoms with Gasteiger partial charge in [0.15, 0.2) is 0 Å². The van der Waals surface area contributed by atoms with E-state index in [9.17, 15) is 18.0 Å². The molecule has 3 rings (SSSR count). The van der Waals surface area contributed by atoms with Crippen molar-refractivity contribution in [2.45, 2.75) is 25.5 Å². The first kappa shape index (κ1) is 21.0. The predicted octanol–water partition coefficient (Wildman–Crippen LogP) is 2.96. The number of nitrogens with zero attached hydrogens (tertiary/aromatic N) is 1. The molecule has 154 valence electrons. The maximum Gasteiger partial charge on any atom is 0.338 e. The van der Waals surface area contributed by atoms with Gasteiger partial charge in [0.1, 0.15) is 0 Å². The van der Waals surface area contributed by atoms with E-state index in [0.717, 1.165) is 12.8 Å². The van der Waals surface area contributed by atoms with Crippen LogP contribution in [0.4, 0.5) is 5.69 Å². The molecular formula is C21H24N2O5S. The molecular weight excluding hydrogens is 392 g/mol. The molecule has 0 atom stereocenters. The molecule has 8 heteroatoms. The maximum atomic E-state index is 12.6. The number of hydrogen-bond donors (Lipinski definition) is 1. The molecule has 2 aromatic rings. The summed E-state index contributed by atoms with van der Waals surface area (Å²) in [7, 11) is -2.02. The normalized spacial score (nSPS) is 14.6. The summed E-state index contributed by atoms with van der Waals surface area (Å²) in [5.41, 5.74) is 2.54. The van der Waals surface area contributed by atoms with Crippen molar-refractivity contribution >= 4 is 27.6 Å². The Hall–Kier alpha value is -2.71. The van der Waals surface area contributed by atoms with Crippen LogP contribution in [0, 0.1) is 6.92 Å². The van der Waals surface area contributed by atoms with Crippen LogP contribution < -0.4 is 5.32 Å². The van der Waals surface area contributed by atoms with Crippen molar-refractivity contribution in [3.05, 3.63) is 64.7 Å². The van der Waals surface area contributed by atoms with Gasteiger partial charge in [0, 0.05) is 24.3 Å². The van der Waals surface area contributed by atoms with E-state index < -0.39 is 16.0 Å². The number of esters is 1. The van der Waals surface area contributed by atoms with Gasteiger partial charge >= 0.3 is 5.97 Å². The molecule has 0 aromatic heterocycles. The number of nitrogens with one attached hydrogen (secondary N) is 1. The Morgan fingerprint density at radius 1 is 1.07 bits per heavy atom. The number of amides is 1. The minimum Gasteiger partial charge on any atom is -0.465 e. The number of anilines is 1. The second kappa shape index (κ2) is 8.75. The lowest BCUT2D eigenvalue weighted by Gasteiger charge is -2.15. The Labute approximate surface area is 170 Å². The van der Waals surface area contributed by atoms with Crippen molar-refractivity contribution in [1.82, 2.24) is 4.31 Å². The largest absolute Gasteiger partial charge is 0.465 e. The van der Waals surface area contributed by atoms with Crippen molar-refractivity contribution < 1.29 is 22.7 Å². The highest BCUT2D eigenvalue weighted by Crippen LogP contribution is 2.21. The van der Waals surface area contributed by atoms with Crippen molar-refractivity contribution in [1.29, 1.82) is 0 Å². The molecule has 1 heterocycles. The van der Waals surface area contributed by atoms with Crippen LogP contribution in [0.25, 0.3) is 0 Å². The smallest absolute Gasteiger partial charge is 0.338 e. The lowest BCUT2D eigenvalue weighted by molar-refractivity contribution is 0.0599. The molecule has 1 N–H and O–H groups in total. The molecule has 1 saturated heterocycles. The zero-order valence-electron chi connectivity index (χ0n) is 16.5. The van der Waals surface area contributed by atoms with E-state index in [-0.39, 0.29) is 11.7 Å². The summed E-state index contributed by atoms with van der Waals surface area (Å²) in [6.07, 6.45) is 1.80. The van der Waals surface area contributed by atoms with Crippen LogP contribution in [0.5, 0.6) is 0 Å². The maximum absolute atomic E-state index is 12.6. The monoisotopic (exact) mass is 416 g/mol. The van der Waals surface area contributed by atoms with Gasteiger partial charge in [-0.05, 0) is 55.2 Å². The molecule has 0 radical (unpaired) electrons. The number of carbonyl (C=O) groups excluding carboxylic acids is 2. The molecule has 0 aliphatic carbocycles. The van der Waals surface area contributed by atoms with Crippen LogP contribution in [0.2, 0.25) is 0 Å². The third kappa shape index (κ3) is 4.83. The fourth-order valence-corrected chi connectivity index (χ4v) is 4.93. The van der Waals surface area contributed by atoms with Crippen LogP contribution in [0.3, 0.4) is 0 Å². The Bertz CT molecular complexity index is 1010. The zero-order valence-corrected chi connectivity index (χ0v) is 17.3. The van der Waals surface area contributed by atoms with Gasteiger partial charge < -0.3 is 10.1 Å². The van der Waals surface area contributed by atoms with Gasteiger partial charge in [0.2, 0.25) is 10.0 Å². The molecule has 1 amide bonds. The fourth-order valence-electron chi connectivity index (χ4n) is 3.32. The second-order valence-corrected chi connectivity index (χ2v) is 8.95. The molecule has 7 nitrogen and oxygen atoms in total. The minimum absolute atomic E-state index is 0.0742. The first-order chi connectivity index (χ1) is 13.8. The number of methoxy groups -OCH3 is 1. The van der Waals surface area contributed by atoms with E-state index in [2.05, 4.69) is 5.32 Å². The Morgan fingerprint density at radius 2 is 1.72 bits per heavy atom. The van der Waals surface area contributed by atoms with E-state index in [1.165, 1.54) is 11.4 Å². The molecule has 0 unspecified atom stereocenters. The van der Waals surface area contributed by atoms with Gasteiger partial charge in [0.25, 0.3) is 5.91 Å². The summed E-state index contributed by atoms with van der Waals surface area (Å²) in [6.45, 7) is 2.88. The van der Waals surface area contributed by atoms with Crippen LogP contribution in [0.15, 0.2) is 42.5 Å². The van der Waals surface area contributed by atoms with Crippen molar-refractivity contribution in [3.63, 3.8) is 0 Å². The molecule has 1 fully saturated rings. The Balaban J connectivity index is 1.70. The third-order valence-corrected chi connectivity index (χ3v) is 6.86. The highest BCUT2D eigenvalue weighted by molar-refractivity contribution is 7.88. The highest BCUT2D eigenvalue weighted by atomic mass is 32.2. The molecule has 0 spiro atoms. The van der Waals surface area contributed by atoms with E-state index in [4.69, 9.17) is 4.74 Å². The zero-order chi connectivity index (χ0) is 21.0. The molecule has 29 heavy (non-hydrogen) atoms. The first-order valence-corrected chi connectivity index (χ1v) is 11.0. The summed E-state index contributed by atoms with van der Waals surface area (Å²) in [5, 5.41) is 2.79. The molecule has 1 aliphatic heterocycles. The molecule has 0 saturated carbocycles. The Kier molecular flexibility index (Phi) is 6.34. The summed E-state index contributed by atoms with van der Waals surface area (Å²) < 4.78 is 31.1. The van der Waals surface area contributed by atoms with Gasteiger partial charge in [-0.1, -0.05) is 18.2 Å². The number of sulfonamides is 1. The number of ether oxygens (including phenoxy) is 1. The average Bonchev–Trinajstić information content (AvgIpc) is 3.25. The van der Waals surface area contributed by atoms with Crippen LogP contribution in [-0.2, 0) is 20.5 Å². The number of rotatable bonds is 6. The van der Waals surface area contributed by atoms with E-state index >= 15 is 0 Å². The molecule has 0 bridgehead atoms. The number of hydrogen-bond acceptors (Lipinski definition) is 5. The minimum atomic E-state index is -3.33. The van der Waals surface area contributed by atoms with Gasteiger partial charge in [0.05, 0.1) is 18.4 Å². The molecule has 1 aliphatic rings. The number of carbonyl (C=O) groups is 2. The summed E-state index contributed by atoms with van der Waals surface area (Å²) >= 11 is 0. The van der Waals surface area contributed by atoms with E-state index in [1.807, 2.05) is 0 Å². The van der Waals surface area contributed by atoms with E-state index in [0.29, 0.717) is 41.0 Å². The van der Waals surface area contributed by atoms with Crippen LogP contribution in [0.1, 0.15) is 44.7 Å². The lowest BCUT2D eigenvalue weighted by atomic mass is 10.1. The Morgan fingerprint density at radius 3 is 2.34 bits per heavy atom. The van der Waals surface area contributed by atoms with Gasteiger partial charge in [-0.25, -0.2) is 17.5 Å². The van der Waals surface area contributed by atoms with Crippen molar-refractivity contribution in [2.75, 3.05) is 25.5 Å². The second-order valence-electron chi connectivity index (χ2n) is 6.98. The number of benzene rings is 2. The fraction of sp³-hybridized carbons (Fsp3) is 0.333. The standard InChI is InChI=1S/C21H24N2O5S/c1-15-18(21(25)28-2)6-5-7-19(15)22-20(24)17-10-8-16(9-11-17)14-29(26,27)23-12-3-4-13-23/h5-11H,3-4,12-14H2,1-2H3,(H,22,24). The SMILES string of the molecule is COC(=O)c1cccc(NC(=O)c2ccc(CS(=O)(=O)N3CCCC3)cc2)c1C. The van der Waals surface area contributed by atoms with Crippen molar-refractivity contribution in [2.24, 2.45) is 0 Å². The quantitative estimate of drug-likeness (QED) is 0.731. The summed E-state index contributed by atoms with van der Waals surface area (Å²) in [4.78, 5) is 24.4. The van der Waals surface area contributed by atoms with Crippen LogP contribution >= 0.6 is 0 Å². The van der Waals surface area contributed by atoms with Gasteiger partial charge in [-0.2, -0.15) is 0 Å². The summed E-state index contributed by atoms with van der Waals surface area (Å²) in [5.74, 6) is -0.888. The van der Waals surface area contributed by atoms with Gasteiger partial charge in [-0.15, -0.1) is 0 Å². The van der Waals surface area contributed by atoms with Gasteiger partial charge in [-0.3, -0.25) is 4.79 Å². The highest BCUT2D eigenvalue weighted by Gasteiger charge is 2.25. The average molecular weight is 416 g/mol. The topological polar surface area (TPSA) is 92.8 Å². The third-order valence-electron chi connectivity index (χ3n) is 5.01. The lowest BCUT2D eigenvalue weighted by Crippen LogP contribution is -2.29. The first-order valence-electron chi connectivity index (χ1n) is 9.38. The summed E-state index contributed by atoms with van der Waals surface area (Å²) in [6, 6.07) is 11.5. The van der Waals surface area contributed by atoms with Crippen LogP contribution in [-0.4, -0.2) is 44.8 Å². The molecule has 2 aromatic carbocycles. The predicted molar refractivity (Wildman–Crippen MR) is 110 cm³/mol. The van der Waals surface area contributed by atoms with E-state index in [1.54, 1.807) is 49.4 Å².